The minimum atomic E-state index is -0.418. The van der Waals surface area contributed by atoms with E-state index in [2.05, 4.69) is 4.99 Å². The van der Waals surface area contributed by atoms with E-state index < -0.39 is 5.91 Å². The lowest BCUT2D eigenvalue weighted by Crippen LogP contribution is -2.17. The third-order valence-corrected chi connectivity index (χ3v) is 5.57. The van der Waals surface area contributed by atoms with E-state index in [1.165, 1.54) is 18.3 Å². The topological polar surface area (TPSA) is 51.4 Å². The molecule has 26 heavy (non-hydrogen) atoms. The molecule has 7 heteroatoms. The first-order chi connectivity index (χ1) is 12.4. The van der Waals surface area contributed by atoms with Gasteiger partial charge in [0.15, 0.2) is 10.6 Å². The minimum Gasteiger partial charge on any atom is -0.294 e. The van der Waals surface area contributed by atoms with Crippen LogP contribution in [0.25, 0.3) is 5.69 Å². The van der Waals surface area contributed by atoms with E-state index in [4.69, 9.17) is 23.2 Å². The summed E-state index contributed by atoms with van der Waals surface area (Å²) in [6.45, 7) is 3.29. The van der Waals surface area contributed by atoms with Crippen LogP contribution < -0.4 is 4.80 Å². The van der Waals surface area contributed by atoms with Crippen LogP contribution in [0.5, 0.6) is 0 Å². The van der Waals surface area contributed by atoms with Crippen LogP contribution in [0.4, 0.5) is 0 Å². The Labute approximate surface area is 164 Å². The Morgan fingerprint density at radius 2 is 1.69 bits per heavy atom. The van der Waals surface area contributed by atoms with Crippen LogP contribution in [0.3, 0.4) is 0 Å². The Bertz CT molecular complexity index is 1070. The second kappa shape index (κ2) is 7.58. The molecule has 0 aliphatic heterocycles. The van der Waals surface area contributed by atoms with Gasteiger partial charge in [0.05, 0.1) is 15.6 Å². The molecule has 0 spiro atoms. The molecule has 0 saturated heterocycles. The first-order valence-corrected chi connectivity index (χ1v) is 9.28. The number of halogens is 2. The Balaban J connectivity index is 2.22. The standard InChI is InChI=1S/C19H14Cl2N2O2S/c1-11-17(12(2)24)26-19(23(11)16-6-4-3-5-15(16)21)22-18(25)13-7-9-14(20)10-8-13/h3-10H,1-2H3. The first kappa shape index (κ1) is 18.6. The molecule has 3 rings (SSSR count). The maximum Gasteiger partial charge on any atom is 0.279 e. The molecule has 0 atom stereocenters. The van der Waals surface area contributed by atoms with Gasteiger partial charge in [-0.25, -0.2) is 0 Å². The predicted octanol–water partition coefficient (Wildman–Crippen LogP) is 5.10. The van der Waals surface area contributed by atoms with Crippen molar-refractivity contribution in [3.8, 4) is 5.69 Å². The number of carbonyl (C=O) groups is 2. The van der Waals surface area contributed by atoms with Gasteiger partial charge in [-0.2, -0.15) is 4.99 Å². The minimum absolute atomic E-state index is 0.0892. The van der Waals surface area contributed by atoms with E-state index in [0.717, 1.165) is 0 Å². The van der Waals surface area contributed by atoms with E-state index in [9.17, 15) is 9.59 Å². The summed E-state index contributed by atoms with van der Waals surface area (Å²) in [6.07, 6.45) is 0. The maximum atomic E-state index is 12.5. The zero-order valence-electron chi connectivity index (χ0n) is 14.0. The number of carbonyl (C=O) groups excluding carboxylic acids is 2. The van der Waals surface area contributed by atoms with Crippen molar-refractivity contribution in [2.45, 2.75) is 13.8 Å². The highest BCUT2D eigenvalue weighted by Gasteiger charge is 2.17. The number of para-hydroxylation sites is 1. The second-order valence-electron chi connectivity index (χ2n) is 5.57. The van der Waals surface area contributed by atoms with Crippen molar-refractivity contribution in [3.63, 3.8) is 0 Å². The molecule has 4 nitrogen and oxygen atoms in total. The molecular formula is C19H14Cl2N2O2S. The fourth-order valence-electron chi connectivity index (χ4n) is 2.52. The molecule has 0 fully saturated rings. The van der Waals surface area contributed by atoms with Crippen molar-refractivity contribution >= 4 is 46.2 Å². The number of Topliss-reactive ketones (excluding diaryl/α,β-unsaturated/α-hetero) is 1. The maximum absolute atomic E-state index is 12.5. The number of thiazole rings is 1. The number of hydrogen-bond acceptors (Lipinski definition) is 3. The van der Waals surface area contributed by atoms with Gasteiger partial charge < -0.3 is 0 Å². The molecule has 0 N–H and O–H groups in total. The van der Waals surface area contributed by atoms with Crippen molar-refractivity contribution < 1.29 is 9.59 Å². The van der Waals surface area contributed by atoms with E-state index in [0.29, 0.717) is 36.7 Å². The van der Waals surface area contributed by atoms with Gasteiger partial charge in [0.25, 0.3) is 5.91 Å². The van der Waals surface area contributed by atoms with Crippen LogP contribution in [0, 0.1) is 6.92 Å². The van der Waals surface area contributed by atoms with Crippen molar-refractivity contribution in [2.24, 2.45) is 4.99 Å². The molecule has 0 aliphatic carbocycles. The van der Waals surface area contributed by atoms with E-state index in [1.807, 2.05) is 25.1 Å². The van der Waals surface area contributed by atoms with Crippen LogP contribution in [-0.2, 0) is 0 Å². The lowest BCUT2D eigenvalue weighted by Gasteiger charge is -2.08. The molecule has 0 saturated carbocycles. The fraction of sp³-hybridized carbons (Fsp3) is 0.105. The average molecular weight is 405 g/mol. The molecule has 2 aromatic carbocycles. The molecule has 132 valence electrons. The highest BCUT2D eigenvalue weighted by molar-refractivity contribution is 7.11. The van der Waals surface area contributed by atoms with Crippen LogP contribution in [0.15, 0.2) is 53.5 Å². The summed E-state index contributed by atoms with van der Waals surface area (Å²) in [7, 11) is 0. The third-order valence-electron chi connectivity index (χ3n) is 3.75. The van der Waals surface area contributed by atoms with Crippen molar-refractivity contribution in [1.29, 1.82) is 0 Å². The summed E-state index contributed by atoms with van der Waals surface area (Å²) in [4.78, 5) is 29.7. The van der Waals surface area contributed by atoms with Gasteiger partial charge in [-0.3, -0.25) is 14.2 Å². The Morgan fingerprint density at radius 1 is 1.04 bits per heavy atom. The quantitative estimate of drug-likeness (QED) is 0.570. The third kappa shape index (κ3) is 3.65. The largest absolute Gasteiger partial charge is 0.294 e. The van der Waals surface area contributed by atoms with Gasteiger partial charge in [-0.05, 0) is 43.3 Å². The summed E-state index contributed by atoms with van der Waals surface area (Å²) in [5, 5.41) is 1.04. The number of benzene rings is 2. The second-order valence-corrected chi connectivity index (χ2v) is 7.39. The Morgan fingerprint density at radius 3 is 2.31 bits per heavy atom. The average Bonchev–Trinajstić information content (AvgIpc) is 2.92. The van der Waals surface area contributed by atoms with Crippen molar-refractivity contribution in [3.05, 3.63) is 79.5 Å². The lowest BCUT2D eigenvalue weighted by molar-refractivity contribution is 0.0995. The molecule has 0 unspecified atom stereocenters. The summed E-state index contributed by atoms with van der Waals surface area (Å²) >= 11 is 13.3. The fourth-order valence-corrected chi connectivity index (χ4v) is 3.88. The summed E-state index contributed by atoms with van der Waals surface area (Å²) in [5.74, 6) is -0.507. The van der Waals surface area contributed by atoms with E-state index in [-0.39, 0.29) is 5.78 Å². The molecule has 0 radical (unpaired) electrons. The van der Waals surface area contributed by atoms with Gasteiger partial charge in [0, 0.05) is 23.2 Å². The smallest absolute Gasteiger partial charge is 0.279 e. The number of amides is 1. The number of nitrogens with zero attached hydrogens (tertiary/aromatic N) is 2. The predicted molar refractivity (Wildman–Crippen MR) is 105 cm³/mol. The molecule has 1 aromatic heterocycles. The summed E-state index contributed by atoms with van der Waals surface area (Å²) in [5.41, 5.74) is 1.77. The van der Waals surface area contributed by atoms with Crippen molar-refractivity contribution in [1.82, 2.24) is 4.57 Å². The van der Waals surface area contributed by atoms with Gasteiger partial charge >= 0.3 is 0 Å². The zero-order chi connectivity index (χ0) is 18.8. The zero-order valence-corrected chi connectivity index (χ0v) is 16.3. The summed E-state index contributed by atoms with van der Waals surface area (Å²) in [6, 6.07) is 13.7. The summed E-state index contributed by atoms with van der Waals surface area (Å²) < 4.78 is 1.73. The Kier molecular flexibility index (Phi) is 5.41. The molecule has 1 amide bonds. The van der Waals surface area contributed by atoms with Crippen LogP contribution >= 0.6 is 34.5 Å². The number of aromatic nitrogens is 1. The monoisotopic (exact) mass is 404 g/mol. The molecule has 3 aromatic rings. The van der Waals surface area contributed by atoms with E-state index in [1.54, 1.807) is 34.9 Å². The molecular weight excluding hydrogens is 391 g/mol. The SMILES string of the molecule is CC(=O)c1sc(=NC(=O)c2ccc(Cl)cc2)n(-c2ccccc2Cl)c1C. The van der Waals surface area contributed by atoms with Crippen LogP contribution in [0.1, 0.15) is 32.6 Å². The number of ketones is 1. The first-order valence-electron chi connectivity index (χ1n) is 7.71. The molecule has 0 bridgehead atoms. The highest BCUT2D eigenvalue weighted by Crippen LogP contribution is 2.23. The Hall–Kier alpha value is -2.21. The normalized spacial score (nSPS) is 11.6. The number of rotatable bonds is 3. The van der Waals surface area contributed by atoms with E-state index >= 15 is 0 Å². The number of hydrogen-bond donors (Lipinski definition) is 0. The van der Waals surface area contributed by atoms with Gasteiger partial charge in [0.1, 0.15) is 0 Å². The van der Waals surface area contributed by atoms with Crippen molar-refractivity contribution in [2.75, 3.05) is 0 Å². The van der Waals surface area contributed by atoms with Gasteiger partial charge in [-0.15, -0.1) is 0 Å². The van der Waals surface area contributed by atoms with Gasteiger partial charge in [-0.1, -0.05) is 46.7 Å². The highest BCUT2D eigenvalue weighted by atomic mass is 35.5. The lowest BCUT2D eigenvalue weighted by atomic mass is 10.2. The van der Waals surface area contributed by atoms with Crippen LogP contribution in [-0.4, -0.2) is 16.3 Å². The molecule has 1 heterocycles. The van der Waals surface area contributed by atoms with Gasteiger partial charge in [0.2, 0.25) is 0 Å². The molecule has 0 aliphatic rings. The van der Waals surface area contributed by atoms with Crippen LogP contribution in [0.2, 0.25) is 10.0 Å².